The average molecular weight is 297 g/mol. The molecule has 0 aliphatic heterocycles. The maximum Gasteiger partial charge on any atom is 0.232 e. The summed E-state index contributed by atoms with van der Waals surface area (Å²) in [4.78, 5) is 0. The second kappa shape index (κ2) is 5.38. The Morgan fingerprint density at radius 3 is 2.81 bits per heavy atom. The van der Waals surface area contributed by atoms with Crippen LogP contribution in [-0.2, 0) is 6.54 Å². The maximum absolute atomic E-state index is 4.39. The third-order valence-electron chi connectivity index (χ3n) is 3.46. The van der Waals surface area contributed by atoms with E-state index in [0.717, 1.165) is 27.8 Å². The fourth-order valence-corrected chi connectivity index (χ4v) is 2.86. The Morgan fingerprint density at radius 1 is 1.14 bits per heavy atom. The first kappa shape index (κ1) is 12.7. The molecule has 2 aromatic heterocycles. The van der Waals surface area contributed by atoms with Crippen molar-refractivity contribution in [3.8, 4) is 16.3 Å². The molecular weight excluding hydrogens is 282 g/mol. The van der Waals surface area contributed by atoms with Gasteiger partial charge in [-0.1, -0.05) is 41.7 Å². The molecule has 0 radical (unpaired) electrons. The predicted octanol–water partition coefficient (Wildman–Crippen LogP) is 2.64. The number of nitrogens with one attached hydrogen (secondary N) is 1. The van der Waals surface area contributed by atoms with Gasteiger partial charge in [-0.2, -0.15) is 5.10 Å². The zero-order valence-corrected chi connectivity index (χ0v) is 12.3. The van der Waals surface area contributed by atoms with Crippen LogP contribution in [0.15, 0.2) is 42.7 Å². The fourth-order valence-electron chi connectivity index (χ4n) is 2.13. The van der Waals surface area contributed by atoms with E-state index in [1.807, 2.05) is 30.6 Å². The molecule has 4 rings (SSSR count). The Kier molecular flexibility index (Phi) is 3.25. The van der Waals surface area contributed by atoms with Crippen molar-refractivity contribution >= 4 is 11.3 Å². The van der Waals surface area contributed by atoms with Gasteiger partial charge in [-0.15, -0.1) is 10.2 Å². The number of aromatic nitrogens is 4. The molecule has 3 aromatic rings. The highest BCUT2D eigenvalue weighted by atomic mass is 32.1. The quantitative estimate of drug-likeness (QED) is 0.786. The van der Waals surface area contributed by atoms with Crippen LogP contribution in [0.3, 0.4) is 0 Å². The van der Waals surface area contributed by atoms with Gasteiger partial charge >= 0.3 is 0 Å². The van der Waals surface area contributed by atoms with E-state index in [0.29, 0.717) is 6.04 Å². The van der Waals surface area contributed by atoms with Crippen LogP contribution >= 0.6 is 11.3 Å². The SMILES string of the molecule is c1ccc(-c2cnn(-c3nnc(CNC4CC4)s3)c2)cc1. The molecule has 21 heavy (non-hydrogen) atoms. The van der Waals surface area contributed by atoms with Crippen LogP contribution in [0.1, 0.15) is 17.8 Å². The topological polar surface area (TPSA) is 55.6 Å². The molecule has 6 heteroatoms. The van der Waals surface area contributed by atoms with Gasteiger partial charge in [0.15, 0.2) is 0 Å². The third-order valence-corrected chi connectivity index (χ3v) is 4.37. The van der Waals surface area contributed by atoms with Crippen molar-refractivity contribution in [1.82, 2.24) is 25.3 Å². The van der Waals surface area contributed by atoms with Crippen LogP contribution < -0.4 is 5.32 Å². The largest absolute Gasteiger partial charge is 0.308 e. The van der Waals surface area contributed by atoms with Gasteiger partial charge in [0.05, 0.1) is 12.7 Å². The summed E-state index contributed by atoms with van der Waals surface area (Å²) < 4.78 is 1.79. The highest BCUT2D eigenvalue weighted by Crippen LogP contribution is 2.22. The molecule has 5 nitrogen and oxygen atoms in total. The summed E-state index contributed by atoms with van der Waals surface area (Å²) in [5.74, 6) is 0. The first-order valence-corrected chi connectivity index (χ1v) is 7.86. The highest BCUT2D eigenvalue weighted by molar-refractivity contribution is 7.13. The molecule has 0 atom stereocenters. The normalized spacial score (nSPS) is 14.5. The van der Waals surface area contributed by atoms with Crippen molar-refractivity contribution in [1.29, 1.82) is 0 Å². The van der Waals surface area contributed by atoms with Crippen molar-refractivity contribution in [2.45, 2.75) is 25.4 Å². The monoisotopic (exact) mass is 297 g/mol. The summed E-state index contributed by atoms with van der Waals surface area (Å²) in [5, 5.41) is 18.1. The molecule has 1 fully saturated rings. The molecule has 2 heterocycles. The minimum absolute atomic E-state index is 0.687. The van der Waals surface area contributed by atoms with Crippen LogP contribution in [-0.4, -0.2) is 26.0 Å². The Bertz CT molecular complexity index is 729. The summed E-state index contributed by atoms with van der Waals surface area (Å²) >= 11 is 1.58. The second-order valence-electron chi connectivity index (χ2n) is 5.17. The van der Waals surface area contributed by atoms with Gasteiger partial charge in [0, 0.05) is 17.8 Å². The van der Waals surface area contributed by atoms with Gasteiger partial charge in [0.1, 0.15) is 5.01 Å². The number of hydrogen-bond acceptors (Lipinski definition) is 5. The van der Waals surface area contributed by atoms with Crippen LogP contribution in [0, 0.1) is 0 Å². The summed E-state index contributed by atoms with van der Waals surface area (Å²) in [6.45, 7) is 0.801. The molecular formula is C15H15N5S. The van der Waals surface area contributed by atoms with E-state index in [9.17, 15) is 0 Å². The van der Waals surface area contributed by atoms with Crippen molar-refractivity contribution in [3.05, 3.63) is 47.7 Å². The van der Waals surface area contributed by atoms with E-state index >= 15 is 0 Å². The lowest BCUT2D eigenvalue weighted by Crippen LogP contribution is -2.14. The maximum atomic E-state index is 4.39. The van der Waals surface area contributed by atoms with Gasteiger partial charge in [-0.25, -0.2) is 4.68 Å². The molecule has 0 amide bonds. The van der Waals surface area contributed by atoms with Gasteiger partial charge in [-0.05, 0) is 18.4 Å². The zero-order valence-electron chi connectivity index (χ0n) is 11.4. The lowest BCUT2D eigenvalue weighted by Gasteiger charge is -1.96. The Balaban J connectivity index is 1.52. The first-order chi connectivity index (χ1) is 10.4. The summed E-state index contributed by atoms with van der Waals surface area (Å²) in [6, 6.07) is 10.9. The van der Waals surface area contributed by atoms with Crippen LogP contribution in [0.5, 0.6) is 0 Å². The molecule has 0 unspecified atom stereocenters. The standard InChI is InChI=1S/C15H15N5S/c1-2-4-11(5-3-1)12-8-17-20(10-12)15-19-18-14(21-15)9-16-13-6-7-13/h1-5,8,10,13,16H,6-7,9H2. The molecule has 0 bridgehead atoms. The number of rotatable bonds is 5. The minimum atomic E-state index is 0.687. The summed E-state index contributed by atoms with van der Waals surface area (Å²) in [7, 11) is 0. The molecule has 0 saturated heterocycles. The van der Waals surface area contributed by atoms with Gasteiger partial charge < -0.3 is 5.32 Å². The van der Waals surface area contributed by atoms with E-state index in [-0.39, 0.29) is 0 Å². The van der Waals surface area contributed by atoms with Crippen LogP contribution in [0.2, 0.25) is 0 Å². The van der Waals surface area contributed by atoms with Crippen LogP contribution in [0.4, 0.5) is 0 Å². The Morgan fingerprint density at radius 2 is 2.00 bits per heavy atom. The number of benzene rings is 1. The van der Waals surface area contributed by atoms with E-state index < -0.39 is 0 Å². The molecule has 1 N–H and O–H groups in total. The second-order valence-corrected chi connectivity index (χ2v) is 6.21. The van der Waals surface area contributed by atoms with Crippen molar-refractivity contribution in [2.24, 2.45) is 0 Å². The fraction of sp³-hybridized carbons (Fsp3) is 0.267. The lowest BCUT2D eigenvalue weighted by atomic mass is 10.1. The van der Waals surface area contributed by atoms with E-state index in [2.05, 4.69) is 32.7 Å². The molecule has 1 aliphatic carbocycles. The lowest BCUT2D eigenvalue weighted by molar-refractivity contribution is 0.678. The van der Waals surface area contributed by atoms with E-state index in [1.165, 1.54) is 12.8 Å². The molecule has 0 spiro atoms. The average Bonchev–Trinajstić information content (AvgIpc) is 3.03. The zero-order chi connectivity index (χ0) is 14.1. The van der Waals surface area contributed by atoms with Crippen molar-refractivity contribution in [2.75, 3.05) is 0 Å². The predicted molar refractivity (Wildman–Crippen MR) is 82.3 cm³/mol. The summed E-state index contributed by atoms with van der Waals surface area (Å²) in [6.07, 6.45) is 6.42. The molecule has 1 aromatic carbocycles. The summed E-state index contributed by atoms with van der Waals surface area (Å²) in [5.41, 5.74) is 2.24. The number of nitrogens with zero attached hydrogens (tertiary/aromatic N) is 4. The number of hydrogen-bond donors (Lipinski definition) is 1. The highest BCUT2D eigenvalue weighted by Gasteiger charge is 2.20. The molecule has 1 saturated carbocycles. The van der Waals surface area contributed by atoms with Crippen molar-refractivity contribution < 1.29 is 0 Å². The molecule has 1 aliphatic rings. The van der Waals surface area contributed by atoms with Crippen molar-refractivity contribution in [3.63, 3.8) is 0 Å². The van der Waals surface area contributed by atoms with Gasteiger partial charge in [0.25, 0.3) is 0 Å². The smallest absolute Gasteiger partial charge is 0.232 e. The van der Waals surface area contributed by atoms with Gasteiger partial charge in [-0.3, -0.25) is 0 Å². The van der Waals surface area contributed by atoms with E-state index in [1.54, 1.807) is 16.0 Å². The van der Waals surface area contributed by atoms with E-state index in [4.69, 9.17) is 0 Å². The minimum Gasteiger partial charge on any atom is -0.308 e. The first-order valence-electron chi connectivity index (χ1n) is 7.05. The van der Waals surface area contributed by atoms with Crippen LogP contribution in [0.25, 0.3) is 16.3 Å². The Labute approximate surface area is 126 Å². The Hall–Kier alpha value is -2.05. The van der Waals surface area contributed by atoms with Gasteiger partial charge in [0.2, 0.25) is 5.13 Å². The third kappa shape index (κ3) is 2.86. The molecule has 106 valence electrons.